The van der Waals surface area contributed by atoms with Gasteiger partial charge in [-0.15, -0.1) is 0 Å². The van der Waals surface area contributed by atoms with Gasteiger partial charge in [-0.05, 0) is 36.6 Å². The number of rotatable bonds is 8. The van der Waals surface area contributed by atoms with E-state index >= 15 is 0 Å². The lowest BCUT2D eigenvalue weighted by Crippen LogP contribution is -2.19. The van der Waals surface area contributed by atoms with E-state index in [1.54, 1.807) is 18.2 Å². The summed E-state index contributed by atoms with van der Waals surface area (Å²) in [6, 6.07) is 6.92. The molecule has 1 amide bonds. The monoisotopic (exact) mass is 349 g/mol. The molecule has 8 heteroatoms. The zero-order chi connectivity index (χ0) is 18.4. The molecule has 0 aliphatic rings. The fourth-order valence-electron chi connectivity index (χ4n) is 2.56. The normalized spacial score (nSPS) is 10.7. The highest BCUT2D eigenvalue weighted by Crippen LogP contribution is 2.28. The van der Waals surface area contributed by atoms with Crippen molar-refractivity contribution >= 4 is 22.6 Å². The number of H-pyrrole nitrogens is 1. The van der Waals surface area contributed by atoms with Crippen molar-refractivity contribution in [2.75, 3.05) is 13.7 Å². The van der Waals surface area contributed by atoms with Gasteiger partial charge in [-0.3, -0.25) is 9.59 Å². The highest BCUT2D eigenvalue weighted by Gasteiger charge is 2.19. The maximum atomic E-state index is 12.3. The Morgan fingerprint density at radius 1 is 1.40 bits per heavy atom. The third-order valence-electron chi connectivity index (χ3n) is 3.73. The van der Waals surface area contributed by atoms with Gasteiger partial charge in [0.25, 0.3) is 12.3 Å². The van der Waals surface area contributed by atoms with Crippen LogP contribution in [-0.4, -0.2) is 36.8 Å². The Bertz CT molecular complexity index is 824. The predicted molar refractivity (Wildman–Crippen MR) is 86.7 cm³/mol. The van der Waals surface area contributed by atoms with Crippen LogP contribution in [0.25, 0.3) is 10.9 Å². The van der Waals surface area contributed by atoms with E-state index in [1.165, 1.54) is 7.05 Å². The number of benzene rings is 1. The number of fused-ring (bicyclic) bond motifs is 1. The minimum absolute atomic E-state index is 0.115. The number of halogens is 2. The zero-order valence-corrected chi connectivity index (χ0v) is 13.6. The number of Topliss-reactive ketones (excluding diaryl/α,β-unsaturated/α-hetero) is 1. The first-order valence-corrected chi connectivity index (χ1v) is 7.65. The van der Waals surface area contributed by atoms with Gasteiger partial charge in [0.2, 0.25) is 0 Å². The van der Waals surface area contributed by atoms with Gasteiger partial charge < -0.3 is 15.0 Å². The maximum Gasteiger partial charge on any atom is 0.295 e. The van der Waals surface area contributed by atoms with Crippen LogP contribution in [0.3, 0.4) is 0 Å². The smallest absolute Gasteiger partial charge is 0.295 e. The first-order chi connectivity index (χ1) is 12.0. The summed E-state index contributed by atoms with van der Waals surface area (Å²) < 4.78 is 29.9. The van der Waals surface area contributed by atoms with Gasteiger partial charge in [0, 0.05) is 24.4 Å². The molecule has 132 valence electrons. The second-order valence-corrected chi connectivity index (χ2v) is 5.33. The quantitative estimate of drug-likeness (QED) is 0.766. The molecule has 0 bridgehead atoms. The molecule has 2 N–H and O–H groups in total. The molecule has 1 aromatic heterocycles. The van der Waals surface area contributed by atoms with Gasteiger partial charge in [-0.2, -0.15) is 5.26 Å². The molecular weight excluding hydrogens is 332 g/mol. The summed E-state index contributed by atoms with van der Waals surface area (Å²) in [5.74, 6) is -0.994. The number of ether oxygens (including phenoxy) is 1. The number of nitrogens with zero attached hydrogens (tertiary/aromatic N) is 1. The van der Waals surface area contributed by atoms with Crippen molar-refractivity contribution in [1.29, 1.82) is 5.26 Å². The van der Waals surface area contributed by atoms with Gasteiger partial charge in [0.15, 0.2) is 12.4 Å². The van der Waals surface area contributed by atoms with Crippen LogP contribution in [0.2, 0.25) is 0 Å². The molecule has 0 unspecified atom stereocenters. The molecular formula is C17H17F2N3O3. The Morgan fingerprint density at radius 3 is 2.80 bits per heavy atom. The molecule has 0 radical (unpaired) electrons. The Kier molecular flexibility index (Phi) is 6.06. The van der Waals surface area contributed by atoms with E-state index in [1.807, 2.05) is 6.07 Å². The number of amides is 1. The highest BCUT2D eigenvalue weighted by atomic mass is 19.3. The molecule has 0 fully saturated rings. The fraction of sp³-hybridized carbons (Fsp3) is 0.353. The SMILES string of the molecule is CNC(=O)c1[nH]c2ccc(OCC#N)cc2c1CCCC(=O)C(F)F. The lowest BCUT2D eigenvalue weighted by atomic mass is 10.0. The summed E-state index contributed by atoms with van der Waals surface area (Å²) in [5, 5.41) is 11.8. The van der Waals surface area contributed by atoms with Crippen molar-refractivity contribution in [3.63, 3.8) is 0 Å². The molecule has 1 aromatic carbocycles. The van der Waals surface area contributed by atoms with E-state index < -0.39 is 12.2 Å². The Labute approximate surface area is 142 Å². The number of alkyl halides is 2. The van der Waals surface area contributed by atoms with Crippen LogP contribution in [0.4, 0.5) is 8.78 Å². The number of carbonyl (C=O) groups excluding carboxylic acids is 2. The highest BCUT2D eigenvalue weighted by molar-refractivity contribution is 6.01. The van der Waals surface area contributed by atoms with E-state index in [0.717, 1.165) is 0 Å². The number of aromatic amines is 1. The van der Waals surface area contributed by atoms with Crippen molar-refractivity contribution in [2.45, 2.75) is 25.7 Å². The summed E-state index contributed by atoms with van der Waals surface area (Å²) >= 11 is 0. The van der Waals surface area contributed by atoms with Crippen LogP contribution in [0, 0.1) is 11.3 Å². The topological polar surface area (TPSA) is 95.0 Å². The summed E-state index contributed by atoms with van der Waals surface area (Å²) in [4.78, 5) is 26.2. The average molecular weight is 349 g/mol. The second kappa shape index (κ2) is 8.24. The average Bonchev–Trinajstić information content (AvgIpc) is 2.97. The second-order valence-electron chi connectivity index (χ2n) is 5.33. The number of nitriles is 1. The summed E-state index contributed by atoms with van der Waals surface area (Å²) in [6.45, 7) is -0.115. The molecule has 25 heavy (non-hydrogen) atoms. The zero-order valence-electron chi connectivity index (χ0n) is 13.6. The van der Waals surface area contributed by atoms with Crippen LogP contribution < -0.4 is 10.1 Å². The number of hydrogen-bond donors (Lipinski definition) is 2. The number of aryl methyl sites for hydroxylation is 1. The molecule has 0 spiro atoms. The molecule has 0 saturated heterocycles. The fourth-order valence-corrected chi connectivity index (χ4v) is 2.56. The van der Waals surface area contributed by atoms with Crippen LogP contribution in [-0.2, 0) is 11.2 Å². The van der Waals surface area contributed by atoms with Gasteiger partial charge in [-0.1, -0.05) is 0 Å². The van der Waals surface area contributed by atoms with E-state index in [0.29, 0.717) is 27.9 Å². The minimum atomic E-state index is -2.98. The van der Waals surface area contributed by atoms with Gasteiger partial charge in [-0.25, -0.2) is 8.78 Å². The van der Waals surface area contributed by atoms with Crippen LogP contribution in [0.15, 0.2) is 18.2 Å². The number of ketones is 1. The molecule has 0 saturated carbocycles. The van der Waals surface area contributed by atoms with E-state index in [4.69, 9.17) is 10.00 Å². The molecule has 6 nitrogen and oxygen atoms in total. The molecule has 2 aromatic rings. The van der Waals surface area contributed by atoms with Crippen molar-refractivity contribution < 1.29 is 23.1 Å². The van der Waals surface area contributed by atoms with Gasteiger partial charge in [0.05, 0.1) is 0 Å². The molecule has 0 aliphatic heterocycles. The third kappa shape index (κ3) is 4.32. The first kappa shape index (κ1) is 18.4. The lowest BCUT2D eigenvalue weighted by Gasteiger charge is -2.05. The third-order valence-corrected chi connectivity index (χ3v) is 3.73. The number of nitrogens with one attached hydrogen (secondary N) is 2. The van der Waals surface area contributed by atoms with Crippen LogP contribution in [0.1, 0.15) is 28.9 Å². The summed E-state index contributed by atoms with van der Waals surface area (Å²) in [6.07, 6.45) is -2.76. The Morgan fingerprint density at radius 2 is 2.16 bits per heavy atom. The Hall–Kier alpha value is -2.95. The van der Waals surface area contributed by atoms with Crippen LogP contribution >= 0.6 is 0 Å². The number of hydrogen-bond acceptors (Lipinski definition) is 4. The first-order valence-electron chi connectivity index (χ1n) is 7.65. The van der Waals surface area contributed by atoms with E-state index in [9.17, 15) is 18.4 Å². The van der Waals surface area contributed by atoms with E-state index in [2.05, 4.69) is 10.3 Å². The number of carbonyl (C=O) groups is 2. The van der Waals surface area contributed by atoms with Gasteiger partial charge in [0.1, 0.15) is 17.5 Å². The lowest BCUT2D eigenvalue weighted by molar-refractivity contribution is -0.129. The molecule has 0 atom stereocenters. The summed E-state index contributed by atoms with van der Waals surface area (Å²) in [7, 11) is 1.49. The number of aromatic nitrogens is 1. The van der Waals surface area contributed by atoms with Crippen molar-refractivity contribution in [1.82, 2.24) is 10.3 Å². The molecule has 0 aliphatic carbocycles. The largest absolute Gasteiger partial charge is 0.479 e. The standard InChI is InChI=1S/C17H17F2N3O3/c1-21-17(24)15-11(3-2-4-14(23)16(18)19)12-9-10(25-8-7-20)5-6-13(12)22-15/h5-6,9,16,22H,2-4,8H2,1H3,(H,21,24). The Balaban J connectivity index is 2.33. The minimum Gasteiger partial charge on any atom is -0.479 e. The van der Waals surface area contributed by atoms with Crippen LogP contribution in [0.5, 0.6) is 5.75 Å². The van der Waals surface area contributed by atoms with Crippen molar-refractivity contribution in [3.8, 4) is 11.8 Å². The van der Waals surface area contributed by atoms with Crippen molar-refractivity contribution in [3.05, 3.63) is 29.5 Å². The maximum absolute atomic E-state index is 12.3. The summed E-state index contributed by atoms with van der Waals surface area (Å²) in [5.41, 5.74) is 1.62. The predicted octanol–water partition coefficient (Wildman–Crippen LogP) is 2.59. The molecule has 1 heterocycles. The van der Waals surface area contributed by atoms with Gasteiger partial charge >= 0.3 is 0 Å². The molecule has 2 rings (SSSR count). The van der Waals surface area contributed by atoms with Crippen molar-refractivity contribution in [2.24, 2.45) is 0 Å². The van der Waals surface area contributed by atoms with E-state index in [-0.39, 0.29) is 31.8 Å².